The lowest BCUT2D eigenvalue weighted by Gasteiger charge is -2.01. The first kappa shape index (κ1) is 11.8. The van der Waals surface area contributed by atoms with E-state index in [2.05, 4.69) is 47.5 Å². The molecule has 0 aliphatic rings. The van der Waals surface area contributed by atoms with Crippen LogP contribution in [-0.4, -0.2) is 13.1 Å². The molecular formula is C14H19N. The Balaban J connectivity index is 1.99. The van der Waals surface area contributed by atoms with Crippen LogP contribution >= 0.6 is 0 Å². The maximum absolute atomic E-state index is 3.30. The van der Waals surface area contributed by atoms with Gasteiger partial charge in [0, 0.05) is 0 Å². The Bertz CT molecular complexity index is 305. The topological polar surface area (TPSA) is 12.0 Å². The molecule has 0 fully saturated rings. The van der Waals surface area contributed by atoms with E-state index in [0.29, 0.717) is 0 Å². The number of unbranched alkanes of at least 4 members (excludes halogenated alkanes) is 1. The quantitative estimate of drug-likeness (QED) is 0.551. The predicted octanol–water partition coefficient (Wildman–Crippen LogP) is 2.62. The fraction of sp³-hybridized carbons (Fsp3) is 0.429. The van der Waals surface area contributed by atoms with Gasteiger partial charge in [-0.3, -0.25) is 0 Å². The summed E-state index contributed by atoms with van der Waals surface area (Å²) in [6.45, 7) is 3.76. The third-order valence-electron chi connectivity index (χ3n) is 2.30. The van der Waals surface area contributed by atoms with Gasteiger partial charge in [-0.2, -0.15) is 0 Å². The lowest BCUT2D eigenvalue weighted by molar-refractivity contribution is 0.659. The van der Waals surface area contributed by atoms with Crippen molar-refractivity contribution in [3.63, 3.8) is 0 Å². The molecule has 0 saturated heterocycles. The molecule has 1 N–H and O–H groups in total. The van der Waals surface area contributed by atoms with Gasteiger partial charge < -0.3 is 5.32 Å². The second kappa shape index (κ2) is 8.08. The van der Waals surface area contributed by atoms with Crippen LogP contribution in [0.1, 0.15) is 25.3 Å². The molecule has 0 aliphatic carbocycles. The van der Waals surface area contributed by atoms with Gasteiger partial charge in [-0.1, -0.05) is 36.3 Å². The molecule has 0 amide bonds. The third kappa shape index (κ3) is 5.93. The normalized spacial score (nSPS) is 9.40. The zero-order valence-corrected chi connectivity index (χ0v) is 9.42. The maximum atomic E-state index is 3.30. The van der Waals surface area contributed by atoms with Gasteiger partial charge in [0.1, 0.15) is 0 Å². The first-order chi connectivity index (χ1) is 7.43. The monoisotopic (exact) mass is 201 g/mol. The second-order valence-corrected chi connectivity index (χ2v) is 3.55. The number of benzene rings is 1. The highest BCUT2D eigenvalue weighted by molar-refractivity contribution is 5.14. The summed E-state index contributed by atoms with van der Waals surface area (Å²) < 4.78 is 0. The van der Waals surface area contributed by atoms with Gasteiger partial charge in [0.05, 0.1) is 6.54 Å². The van der Waals surface area contributed by atoms with Crippen LogP contribution in [0.25, 0.3) is 0 Å². The summed E-state index contributed by atoms with van der Waals surface area (Å²) >= 11 is 0. The Kier molecular flexibility index (Phi) is 6.36. The number of hydrogen-bond acceptors (Lipinski definition) is 1. The number of hydrogen-bond donors (Lipinski definition) is 1. The average Bonchev–Trinajstić information content (AvgIpc) is 2.29. The van der Waals surface area contributed by atoms with E-state index in [4.69, 9.17) is 0 Å². The summed E-state index contributed by atoms with van der Waals surface area (Å²) in [5.41, 5.74) is 1.44. The van der Waals surface area contributed by atoms with E-state index in [1.165, 1.54) is 24.8 Å². The highest BCUT2D eigenvalue weighted by Gasteiger charge is 1.91. The summed E-state index contributed by atoms with van der Waals surface area (Å²) in [5, 5.41) is 3.30. The second-order valence-electron chi connectivity index (χ2n) is 3.55. The van der Waals surface area contributed by atoms with Gasteiger partial charge in [-0.15, -0.1) is 5.92 Å². The van der Waals surface area contributed by atoms with E-state index in [-0.39, 0.29) is 0 Å². The molecule has 1 aromatic rings. The molecule has 0 spiro atoms. The lowest BCUT2D eigenvalue weighted by atomic mass is 10.1. The Morgan fingerprint density at radius 1 is 1.13 bits per heavy atom. The Hall–Kier alpha value is -1.26. The molecular weight excluding hydrogens is 182 g/mol. The summed E-state index contributed by atoms with van der Waals surface area (Å²) in [7, 11) is 0. The SMILES string of the molecule is CC#CCNCCCCc1ccccc1. The van der Waals surface area contributed by atoms with Gasteiger partial charge >= 0.3 is 0 Å². The van der Waals surface area contributed by atoms with Crippen molar-refractivity contribution in [2.24, 2.45) is 0 Å². The van der Waals surface area contributed by atoms with Gasteiger partial charge in [0.25, 0.3) is 0 Å². The highest BCUT2D eigenvalue weighted by atomic mass is 14.8. The van der Waals surface area contributed by atoms with Gasteiger partial charge in [0.15, 0.2) is 0 Å². The molecule has 0 radical (unpaired) electrons. The van der Waals surface area contributed by atoms with E-state index in [0.717, 1.165) is 13.1 Å². The van der Waals surface area contributed by atoms with E-state index in [1.807, 2.05) is 6.92 Å². The largest absolute Gasteiger partial charge is 0.306 e. The van der Waals surface area contributed by atoms with E-state index < -0.39 is 0 Å². The van der Waals surface area contributed by atoms with Crippen LogP contribution in [0.15, 0.2) is 30.3 Å². The zero-order valence-electron chi connectivity index (χ0n) is 9.42. The summed E-state index contributed by atoms with van der Waals surface area (Å²) in [4.78, 5) is 0. The summed E-state index contributed by atoms with van der Waals surface area (Å²) in [5.74, 6) is 5.87. The lowest BCUT2D eigenvalue weighted by Crippen LogP contribution is -2.15. The molecule has 1 nitrogen and oxygen atoms in total. The van der Waals surface area contributed by atoms with Crippen LogP contribution < -0.4 is 5.32 Å². The van der Waals surface area contributed by atoms with Crippen LogP contribution in [0.3, 0.4) is 0 Å². The molecule has 1 aromatic carbocycles. The molecule has 1 rings (SSSR count). The van der Waals surface area contributed by atoms with Crippen molar-refractivity contribution in [3.05, 3.63) is 35.9 Å². The molecule has 0 unspecified atom stereocenters. The molecule has 0 heterocycles. The molecule has 0 atom stereocenters. The molecule has 0 saturated carbocycles. The minimum atomic E-state index is 0.821. The van der Waals surface area contributed by atoms with Crippen molar-refractivity contribution in [1.29, 1.82) is 0 Å². The minimum absolute atomic E-state index is 0.821. The van der Waals surface area contributed by atoms with Crippen molar-refractivity contribution in [1.82, 2.24) is 5.32 Å². The first-order valence-corrected chi connectivity index (χ1v) is 5.57. The number of rotatable bonds is 6. The molecule has 1 heteroatoms. The van der Waals surface area contributed by atoms with Crippen molar-refractivity contribution in [3.8, 4) is 11.8 Å². The standard InChI is InChI=1S/C14H19N/c1-2-3-12-15-13-8-7-11-14-9-5-4-6-10-14/h4-6,9-10,15H,7-8,11-13H2,1H3. The fourth-order valence-electron chi connectivity index (χ4n) is 1.46. The Morgan fingerprint density at radius 3 is 2.67 bits per heavy atom. The minimum Gasteiger partial charge on any atom is -0.306 e. The first-order valence-electron chi connectivity index (χ1n) is 5.57. The van der Waals surface area contributed by atoms with E-state index in [9.17, 15) is 0 Å². The Labute approximate surface area is 92.9 Å². The van der Waals surface area contributed by atoms with Gasteiger partial charge in [0.2, 0.25) is 0 Å². The van der Waals surface area contributed by atoms with Crippen molar-refractivity contribution >= 4 is 0 Å². The third-order valence-corrected chi connectivity index (χ3v) is 2.30. The van der Waals surface area contributed by atoms with Crippen molar-refractivity contribution < 1.29 is 0 Å². The van der Waals surface area contributed by atoms with Crippen LogP contribution in [0, 0.1) is 11.8 Å². The molecule has 0 aliphatic heterocycles. The van der Waals surface area contributed by atoms with Crippen molar-refractivity contribution in [2.45, 2.75) is 26.2 Å². The number of aryl methyl sites for hydroxylation is 1. The maximum Gasteiger partial charge on any atom is 0.0576 e. The van der Waals surface area contributed by atoms with Crippen LogP contribution in [-0.2, 0) is 6.42 Å². The van der Waals surface area contributed by atoms with Crippen LogP contribution in [0.4, 0.5) is 0 Å². The predicted molar refractivity (Wildman–Crippen MR) is 65.7 cm³/mol. The summed E-state index contributed by atoms with van der Waals surface area (Å²) in [6, 6.07) is 10.6. The van der Waals surface area contributed by atoms with Gasteiger partial charge in [-0.25, -0.2) is 0 Å². The van der Waals surface area contributed by atoms with Crippen LogP contribution in [0.5, 0.6) is 0 Å². The van der Waals surface area contributed by atoms with Crippen molar-refractivity contribution in [2.75, 3.05) is 13.1 Å². The highest BCUT2D eigenvalue weighted by Crippen LogP contribution is 2.03. The smallest absolute Gasteiger partial charge is 0.0576 e. The molecule has 80 valence electrons. The number of nitrogens with one attached hydrogen (secondary N) is 1. The van der Waals surface area contributed by atoms with E-state index >= 15 is 0 Å². The molecule has 15 heavy (non-hydrogen) atoms. The summed E-state index contributed by atoms with van der Waals surface area (Å²) in [6.07, 6.45) is 3.65. The van der Waals surface area contributed by atoms with E-state index in [1.54, 1.807) is 0 Å². The molecule has 0 aromatic heterocycles. The van der Waals surface area contributed by atoms with Gasteiger partial charge in [-0.05, 0) is 38.3 Å². The van der Waals surface area contributed by atoms with Crippen LogP contribution in [0.2, 0.25) is 0 Å². The zero-order chi connectivity index (χ0) is 10.8. The molecule has 0 bridgehead atoms. The Morgan fingerprint density at radius 2 is 1.93 bits per heavy atom. The fourth-order valence-corrected chi connectivity index (χ4v) is 1.46. The average molecular weight is 201 g/mol.